The molecule has 1 aliphatic rings. The Morgan fingerprint density at radius 1 is 1.38 bits per heavy atom. The lowest BCUT2D eigenvalue weighted by atomic mass is 10.00. The summed E-state index contributed by atoms with van der Waals surface area (Å²) in [6.45, 7) is 7.65. The smallest absolute Gasteiger partial charge is 0.327 e. The average molecular weight is 228 g/mol. The predicted molar refractivity (Wildman–Crippen MR) is 64.4 cm³/mol. The van der Waals surface area contributed by atoms with Gasteiger partial charge in [0.2, 0.25) is 0 Å². The summed E-state index contributed by atoms with van der Waals surface area (Å²) >= 11 is 0. The van der Waals surface area contributed by atoms with Crippen LogP contribution < -0.4 is 5.32 Å². The number of hydrogen-bond acceptors (Lipinski definition) is 4. The van der Waals surface area contributed by atoms with Gasteiger partial charge in [0.15, 0.2) is 0 Å². The molecule has 1 fully saturated rings. The lowest BCUT2D eigenvalue weighted by Crippen LogP contribution is -2.58. The Morgan fingerprint density at radius 3 is 2.50 bits per heavy atom. The van der Waals surface area contributed by atoms with Gasteiger partial charge in [0, 0.05) is 6.54 Å². The maximum atomic E-state index is 11.8. The first-order chi connectivity index (χ1) is 7.62. The zero-order valence-electron chi connectivity index (χ0n) is 10.7. The second-order valence-electron chi connectivity index (χ2n) is 4.69. The molecular weight excluding hydrogens is 204 g/mol. The largest absolute Gasteiger partial charge is 0.468 e. The van der Waals surface area contributed by atoms with Crippen LogP contribution in [0.2, 0.25) is 0 Å². The summed E-state index contributed by atoms with van der Waals surface area (Å²) < 4.78 is 4.88. The van der Waals surface area contributed by atoms with Crippen LogP contribution in [0.1, 0.15) is 33.1 Å². The molecule has 0 bridgehead atoms. The maximum Gasteiger partial charge on any atom is 0.327 e. The summed E-state index contributed by atoms with van der Waals surface area (Å²) in [5.74, 6) is -0.167. The van der Waals surface area contributed by atoms with E-state index >= 15 is 0 Å². The molecule has 0 amide bonds. The van der Waals surface area contributed by atoms with Crippen molar-refractivity contribution in [1.29, 1.82) is 0 Å². The van der Waals surface area contributed by atoms with Gasteiger partial charge in [0.25, 0.3) is 0 Å². The number of hydrogen-bond donors (Lipinski definition) is 1. The fraction of sp³-hybridized carbons (Fsp3) is 0.917. The van der Waals surface area contributed by atoms with E-state index in [-0.39, 0.29) is 5.97 Å². The van der Waals surface area contributed by atoms with Crippen LogP contribution in [0.15, 0.2) is 0 Å². The molecule has 94 valence electrons. The highest BCUT2D eigenvalue weighted by Gasteiger charge is 2.35. The van der Waals surface area contributed by atoms with Gasteiger partial charge in [0.05, 0.1) is 7.11 Å². The van der Waals surface area contributed by atoms with Gasteiger partial charge in [-0.3, -0.25) is 4.79 Å². The molecule has 16 heavy (non-hydrogen) atoms. The molecule has 1 rings (SSSR count). The molecule has 0 saturated carbocycles. The molecular formula is C12H24N2O2. The van der Waals surface area contributed by atoms with Gasteiger partial charge in [-0.15, -0.1) is 0 Å². The van der Waals surface area contributed by atoms with Gasteiger partial charge in [-0.1, -0.05) is 13.3 Å². The molecule has 1 aliphatic heterocycles. The molecule has 1 N–H and O–H groups in total. The predicted octanol–water partition coefficient (Wildman–Crippen LogP) is 1.01. The maximum absolute atomic E-state index is 11.8. The quantitative estimate of drug-likeness (QED) is 0.713. The first-order valence-corrected chi connectivity index (χ1v) is 6.18. The van der Waals surface area contributed by atoms with Crippen LogP contribution in [0.5, 0.6) is 0 Å². The molecule has 1 unspecified atom stereocenters. The molecule has 1 atom stereocenters. The molecule has 4 nitrogen and oxygen atoms in total. The topological polar surface area (TPSA) is 41.6 Å². The zero-order valence-corrected chi connectivity index (χ0v) is 10.7. The molecule has 0 spiro atoms. The van der Waals surface area contributed by atoms with Crippen LogP contribution >= 0.6 is 0 Å². The number of carbonyl (C=O) groups excluding carboxylic acids is 1. The van der Waals surface area contributed by atoms with E-state index in [2.05, 4.69) is 10.2 Å². The molecule has 0 aromatic carbocycles. The number of esters is 1. The summed E-state index contributed by atoms with van der Waals surface area (Å²) in [5, 5.41) is 3.24. The van der Waals surface area contributed by atoms with Gasteiger partial charge in [-0.25, -0.2) is 0 Å². The molecule has 0 aromatic rings. The number of nitrogens with one attached hydrogen (secondary N) is 1. The number of carbonyl (C=O) groups is 1. The van der Waals surface area contributed by atoms with Crippen LogP contribution in [0, 0.1) is 0 Å². The van der Waals surface area contributed by atoms with E-state index in [0.29, 0.717) is 0 Å². The minimum absolute atomic E-state index is 0.167. The Morgan fingerprint density at radius 2 is 2.00 bits per heavy atom. The lowest BCUT2D eigenvalue weighted by molar-refractivity contribution is -0.148. The fourth-order valence-corrected chi connectivity index (χ4v) is 2.37. The van der Waals surface area contributed by atoms with E-state index in [4.69, 9.17) is 4.74 Å². The third-order valence-electron chi connectivity index (χ3n) is 3.19. The van der Waals surface area contributed by atoms with E-state index in [1.54, 1.807) is 0 Å². The molecule has 0 aliphatic carbocycles. The third-order valence-corrected chi connectivity index (χ3v) is 3.19. The lowest BCUT2D eigenvalue weighted by Gasteiger charge is -2.35. The Bertz CT molecular complexity index is 227. The Kier molecular flexibility index (Phi) is 5.22. The molecule has 0 aromatic heterocycles. The number of nitrogens with zero attached hydrogens (tertiary/aromatic N) is 1. The summed E-state index contributed by atoms with van der Waals surface area (Å²) in [6, 6.07) is 0. The molecule has 4 heteroatoms. The minimum atomic E-state index is -0.569. The van der Waals surface area contributed by atoms with E-state index in [1.807, 2.05) is 13.8 Å². The van der Waals surface area contributed by atoms with Crippen LogP contribution in [0.4, 0.5) is 0 Å². The minimum Gasteiger partial charge on any atom is -0.468 e. The Balaban J connectivity index is 2.58. The van der Waals surface area contributed by atoms with Gasteiger partial charge in [0.1, 0.15) is 5.54 Å². The number of piperidine rings is 1. The first-order valence-electron chi connectivity index (χ1n) is 6.18. The van der Waals surface area contributed by atoms with Crippen LogP contribution in [0.3, 0.4) is 0 Å². The number of likely N-dealkylation sites (N-methyl/N-ethyl adjacent to an activating group) is 1. The van der Waals surface area contributed by atoms with E-state index in [0.717, 1.165) is 26.2 Å². The monoisotopic (exact) mass is 228 g/mol. The van der Waals surface area contributed by atoms with Gasteiger partial charge < -0.3 is 15.0 Å². The van der Waals surface area contributed by atoms with Crippen molar-refractivity contribution in [2.24, 2.45) is 0 Å². The highest BCUT2D eigenvalue weighted by Crippen LogP contribution is 2.14. The zero-order chi connectivity index (χ0) is 12.0. The normalized spacial score (nSPS) is 21.4. The highest BCUT2D eigenvalue weighted by atomic mass is 16.5. The van der Waals surface area contributed by atoms with Crippen molar-refractivity contribution in [3.63, 3.8) is 0 Å². The SMILES string of the molecule is CCNC(C)(CN1CCCCC1)C(=O)OC. The van der Waals surface area contributed by atoms with Gasteiger partial charge in [-0.2, -0.15) is 0 Å². The average Bonchev–Trinajstić information content (AvgIpc) is 2.29. The van der Waals surface area contributed by atoms with E-state index in [1.165, 1.54) is 26.4 Å². The Hall–Kier alpha value is -0.610. The summed E-state index contributed by atoms with van der Waals surface area (Å²) in [7, 11) is 1.45. The standard InChI is InChI=1S/C12H24N2O2/c1-4-13-12(2,11(15)16-3)10-14-8-6-5-7-9-14/h13H,4-10H2,1-3H3. The van der Waals surface area contributed by atoms with Crippen molar-refractivity contribution in [3.05, 3.63) is 0 Å². The van der Waals surface area contributed by atoms with Crippen molar-refractivity contribution in [2.75, 3.05) is 33.3 Å². The van der Waals surface area contributed by atoms with Crippen molar-refractivity contribution >= 4 is 5.97 Å². The van der Waals surface area contributed by atoms with Gasteiger partial charge >= 0.3 is 5.97 Å². The number of ether oxygens (including phenoxy) is 1. The molecule has 1 saturated heterocycles. The van der Waals surface area contributed by atoms with Crippen LogP contribution in [0.25, 0.3) is 0 Å². The van der Waals surface area contributed by atoms with Crippen molar-refractivity contribution in [3.8, 4) is 0 Å². The van der Waals surface area contributed by atoms with E-state index in [9.17, 15) is 4.79 Å². The summed E-state index contributed by atoms with van der Waals surface area (Å²) in [6.07, 6.45) is 3.79. The third kappa shape index (κ3) is 3.46. The van der Waals surface area contributed by atoms with Gasteiger partial charge in [-0.05, 0) is 39.4 Å². The first kappa shape index (κ1) is 13.5. The summed E-state index contributed by atoms with van der Waals surface area (Å²) in [5.41, 5.74) is -0.569. The number of rotatable bonds is 5. The Labute approximate surface area is 98.3 Å². The van der Waals surface area contributed by atoms with Crippen molar-refractivity contribution in [1.82, 2.24) is 10.2 Å². The number of likely N-dealkylation sites (tertiary alicyclic amines) is 1. The van der Waals surface area contributed by atoms with E-state index < -0.39 is 5.54 Å². The van der Waals surface area contributed by atoms with Crippen molar-refractivity contribution < 1.29 is 9.53 Å². The van der Waals surface area contributed by atoms with Crippen molar-refractivity contribution in [2.45, 2.75) is 38.6 Å². The fourth-order valence-electron chi connectivity index (χ4n) is 2.37. The number of methoxy groups -OCH3 is 1. The van der Waals surface area contributed by atoms with Crippen LogP contribution in [-0.2, 0) is 9.53 Å². The highest BCUT2D eigenvalue weighted by molar-refractivity contribution is 5.80. The summed E-state index contributed by atoms with van der Waals surface area (Å²) in [4.78, 5) is 14.1. The second-order valence-corrected chi connectivity index (χ2v) is 4.69. The second kappa shape index (κ2) is 6.21. The molecule has 1 heterocycles. The van der Waals surface area contributed by atoms with Crippen LogP contribution in [-0.4, -0.2) is 49.7 Å². The molecule has 0 radical (unpaired) electrons.